The van der Waals surface area contributed by atoms with Crippen molar-refractivity contribution < 1.29 is 4.79 Å². The fourth-order valence-corrected chi connectivity index (χ4v) is 4.19. The molecule has 2 aromatic carbocycles. The monoisotopic (exact) mass is 354 g/mol. The van der Waals surface area contributed by atoms with E-state index in [0.717, 1.165) is 40.4 Å². The largest absolute Gasteiger partial charge is 0.337 e. The molecule has 2 aliphatic heterocycles. The van der Waals surface area contributed by atoms with Gasteiger partial charge < -0.3 is 4.90 Å². The summed E-state index contributed by atoms with van der Waals surface area (Å²) in [5.41, 5.74) is 5.32. The molecule has 0 spiro atoms. The SMILES string of the molecule is C[C@@H]1CCCN1Cc1ccc(-c2ccc3c(c2)CN(C)C3=O)cc1Cl. The summed E-state index contributed by atoms with van der Waals surface area (Å²) in [6.07, 6.45) is 2.55. The van der Waals surface area contributed by atoms with Crippen LogP contribution in [0, 0.1) is 0 Å². The third kappa shape index (κ3) is 3.07. The summed E-state index contributed by atoms with van der Waals surface area (Å²) in [7, 11) is 1.84. The van der Waals surface area contributed by atoms with Crippen LogP contribution in [0.25, 0.3) is 11.1 Å². The molecule has 0 unspecified atom stereocenters. The molecule has 0 bridgehead atoms. The Kier molecular flexibility index (Phi) is 4.30. The Bertz CT molecular complexity index is 833. The molecule has 0 aromatic heterocycles. The first kappa shape index (κ1) is 16.6. The third-order valence-corrected chi connectivity index (χ3v) is 5.89. The lowest BCUT2D eigenvalue weighted by molar-refractivity contribution is 0.0816. The number of benzene rings is 2. The van der Waals surface area contributed by atoms with Crippen LogP contribution in [0.3, 0.4) is 0 Å². The summed E-state index contributed by atoms with van der Waals surface area (Å²) >= 11 is 6.58. The highest BCUT2D eigenvalue weighted by Gasteiger charge is 2.24. The van der Waals surface area contributed by atoms with E-state index in [0.29, 0.717) is 12.6 Å². The summed E-state index contributed by atoms with van der Waals surface area (Å²) < 4.78 is 0. The van der Waals surface area contributed by atoms with Crippen molar-refractivity contribution in [3.8, 4) is 11.1 Å². The smallest absolute Gasteiger partial charge is 0.254 e. The van der Waals surface area contributed by atoms with Gasteiger partial charge in [-0.25, -0.2) is 0 Å². The Balaban J connectivity index is 1.59. The summed E-state index contributed by atoms with van der Waals surface area (Å²) in [5, 5.41) is 0.824. The van der Waals surface area contributed by atoms with Crippen LogP contribution in [-0.2, 0) is 13.1 Å². The molecule has 3 nitrogen and oxygen atoms in total. The average Bonchev–Trinajstić information content (AvgIpc) is 3.12. The number of halogens is 1. The summed E-state index contributed by atoms with van der Waals surface area (Å²) in [4.78, 5) is 16.3. The van der Waals surface area contributed by atoms with E-state index in [-0.39, 0.29) is 5.91 Å². The topological polar surface area (TPSA) is 23.6 Å². The van der Waals surface area contributed by atoms with Crippen LogP contribution < -0.4 is 0 Å². The van der Waals surface area contributed by atoms with Gasteiger partial charge in [0.05, 0.1) is 0 Å². The van der Waals surface area contributed by atoms with Crippen LogP contribution >= 0.6 is 11.6 Å². The molecule has 2 heterocycles. The predicted molar refractivity (Wildman–Crippen MR) is 102 cm³/mol. The Morgan fingerprint density at radius 3 is 2.64 bits per heavy atom. The van der Waals surface area contributed by atoms with Gasteiger partial charge in [0.2, 0.25) is 0 Å². The van der Waals surface area contributed by atoms with Gasteiger partial charge in [0.1, 0.15) is 0 Å². The van der Waals surface area contributed by atoms with Crippen molar-refractivity contribution in [2.24, 2.45) is 0 Å². The van der Waals surface area contributed by atoms with Gasteiger partial charge in [-0.1, -0.05) is 29.8 Å². The second-order valence-electron chi connectivity index (χ2n) is 7.30. The molecule has 1 atom stereocenters. The van der Waals surface area contributed by atoms with E-state index < -0.39 is 0 Å². The van der Waals surface area contributed by atoms with Crippen molar-refractivity contribution in [3.05, 3.63) is 58.1 Å². The Morgan fingerprint density at radius 2 is 1.92 bits per heavy atom. The Morgan fingerprint density at radius 1 is 1.16 bits per heavy atom. The first-order valence-electron chi connectivity index (χ1n) is 8.94. The minimum absolute atomic E-state index is 0.106. The molecule has 2 aliphatic rings. The van der Waals surface area contributed by atoms with Crippen LogP contribution in [0.15, 0.2) is 36.4 Å². The molecule has 4 heteroatoms. The number of nitrogens with zero attached hydrogens (tertiary/aromatic N) is 2. The first-order valence-corrected chi connectivity index (χ1v) is 9.32. The van der Waals surface area contributed by atoms with Crippen LogP contribution in [0.4, 0.5) is 0 Å². The van der Waals surface area contributed by atoms with Gasteiger partial charge >= 0.3 is 0 Å². The van der Waals surface area contributed by atoms with E-state index in [9.17, 15) is 4.79 Å². The molecule has 4 rings (SSSR count). The van der Waals surface area contributed by atoms with E-state index in [4.69, 9.17) is 11.6 Å². The molecule has 0 saturated carbocycles. The van der Waals surface area contributed by atoms with Crippen LogP contribution in [0.1, 0.15) is 41.3 Å². The van der Waals surface area contributed by atoms with E-state index >= 15 is 0 Å². The number of carbonyl (C=O) groups excluding carboxylic acids is 1. The summed E-state index contributed by atoms with van der Waals surface area (Å²) in [6, 6.07) is 13.1. The maximum Gasteiger partial charge on any atom is 0.254 e. The van der Waals surface area contributed by atoms with Crippen LogP contribution in [-0.4, -0.2) is 35.3 Å². The molecule has 1 saturated heterocycles. The van der Waals surface area contributed by atoms with Crippen LogP contribution in [0.5, 0.6) is 0 Å². The van der Waals surface area contributed by atoms with Gasteiger partial charge in [0, 0.05) is 36.8 Å². The molecule has 130 valence electrons. The normalized spacial score (nSPS) is 20.4. The zero-order valence-corrected chi connectivity index (χ0v) is 15.5. The highest BCUT2D eigenvalue weighted by Crippen LogP contribution is 2.31. The molecule has 2 aromatic rings. The van der Waals surface area contributed by atoms with Crippen molar-refractivity contribution in [3.63, 3.8) is 0 Å². The Labute approximate surface area is 154 Å². The van der Waals surface area contributed by atoms with E-state index in [1.165, 1.54) is 18.4 Å². The maximum absolute atomic E-state index is 12.0. The number of hydrogen-bond donors (Lipinski definition) is 0. The number of carbonyl (C=O) groups is 1. The highest BCUT2D eigenvalue weighted by atomic mass is 35.5. The van der Waals surface area contributed by atoms with E-state index in [1.54, 1.807) is 4.90 Å². The summed E-state index contributed by atoms with van der Waals surface area (Å²) in [6.45, 7) is 5.05. The van der Waals surface area contributed by atoms with Gasteiger partial charge in [-0.05, 0) is 66.8 Å². The third-order valence-electron chi connectivity index (χ3n) is 5.54. The molecular weight excluding hydrogens is 332 g/mol. The van der Waals surface area contributed by atoms with Crippen molar-refractivity contribution in [2.45, 2.75) is 38.9 Å². The highest BCUT2D eigenvalue weighted by molar-refractivity contribution is 6.31. The van der Waals surface area contributed by atoms with Gasteiger partial charge in [-0.15, -0.1) is 0 Å². The lowest BCUT2D eigenvalue weighted by Gasteiger charge is -2.21. The van der Waals surface area contributed by atoms with Crippen LogP contribution in [0.2, 0.25) is 5.02 Å². The number of likely N-dealkylation sites (tertiary alicyclic amines) is 1. The number of amides is 1. The maximum atomic E-state index is 12.0. The van der Waals surface area contributed by atoms with Crippen molar-refractivity contribution in [1.82, 2.24) is 9.80 Å². The second kappa shape index (κ2) is 6.47. The minimum Gasteiger partial charge on any atom is -0.337 e. The number of hydrogen-bond acceptors (Lipinski definition) is 2. The minimum atomic E-state index is 0.106. The lowest BCUT2D eigenvalue weighted by atomic mass is 9.99. The lowest BCUT2D eigenvalue weighted by Crippen LogP contribution is -2.26. The Hall–Kier alpha value is -1.84. The molecule has 0 N–H and O–H groups in total. The van der Waals surface area contributed by atoms with Gasteiger partial charge in [-0.3, -0.25) is 9.69 Å². The molecule has 0 aliphatic carbocycles. The van der Waals surface area contributed by atoms with Crippen molar-refractivity contribution in [2.75, 3.05) is 13.6 Å². The molecule has 25 heavy (non-hydrogen) atoms. The number of fused-ring (bicyclic) bond motifs is 1. The quantitative estimate of drug-likeness (QED) is 0.805. The van der Waals surface area contributed by atoms with Gasteiger partial charge in [-0.2, -0.15) is 0 Å². The zero-order chi connectivity index (χ0) is 17.6. The number of rotatable bonds is 3. The fraction of sp³-hybridized carbons (Fsp3) is 0.381. The van der Waals surface area contributed by atoms with Crippen molar-refractivity contribution >= 4 is 17.5 Å². The molecular formula is C21H23ClN2O. The van der Waals surface area contributed by atoms with E-state index in [2.05, 4.69) is 36.1 Å². The predicted octanol–water partition coefficient (Wildman–Crippen LogP) is 4.58. The standard InChI is InChI=1S/C21H23ClN2O/c1-14-4-3-9-24(14)13-17-6-5-16(11-20(17)22)15-7-8-19-18(10-15)12-23(2)21(19)25/h5-8,10-11,14H,3-4,9,12-13H2,1-2H3/t14-/m1/s1. The second-order valence-corrected chi connectivity index (χ2v) is 7.71. The molecule has 0 radical (unpaired) electrons. The van der Waals surface area contributed by atoms with Gasteiger partial charge in [0.15, 0.2) is 0 Å². The van der Waals surface area contributed by atoms with E-state index in [1.807, 2.05) is 19.2 Å². The molecule has 1 amide bonds. The first-order chi connectivity index (χ1) is 12.0. The average molecular weight is 355 g/mol. The zero-order valence-electron chi connectivity index (χ0n) is 14.8. The van der Waals surface area contributed by atoms with Crippen molar-refractivity contribution in [1.29, 1.82) is 0 Å². The summed E-state index contributed by atoms with van der Waals surface area (Å²) in [5.74, 6) is 0.106. The molecule has 1 fully saturated rings. The van der Waals surface area contributed by atoms with Gasteiger partial charge in [0.25, 0.3) is 5.91 Å². The fourth-order valence-electron chi connectivity index (χ4n) is 3.95.